The second-order valence-electron chi connectivity index (χ2n) is 4.75. The highest BCUT2D eigenvalue weighted by molar-refractivity contribution is 6.34. The Bertz CT molecular complexity index is 860. The number of nitrogens with one attached hydrogen (secondary N) is 2. The fraction of sp³-hybridized carbons (Fsp3) is 0.0625. The Morgan fingerprint density at radius 2 is 2.14 bits per heavy atom. The van der Waals surface area contributed by atoms with Crippen molar-refractivity contribution in [2.75, 3.05) is 5.32 Å². The molecule has 1 radical (unpaired) electrons. The number of amides is 1. The van der Waals surface area contributed by atoms with E-state index in [0.29, 0.717) is 10.9 Å². The van der Waals surface area contributed by atoms with Crippen molar-refractivity contribution in [2.24, 2.45) is 0 Å². The third-order valence-electron chi connectivity index (χ3n) is 3.34. The molecule has 3 aromatic rings. The summed E-state index contributed by atoms with van der Waals surface area (Å²) in [5.41, 5.74) is 1.58. The number of fused-ring (bicyclic) bond motifs is 1. The molecule has 0 aliphatic heterocycles. The molecule has 0 saturated heterocycles. The second-order valence-corrected chi connectivity index (χ2v) is 5.15. The Balaban J connectivity index is 1.93. The summed E-state index contributed by atoms with van der Waals surface area (Å²) in [5.74, 6) is -0.914. The number of aromatic nitrogens is 2. The lowest BCUT2D eigenvalue weighted by atomic mass is 10.1. The van der Waals surface area contributed by atoms with Crippen LogP contribution in [-0.4, -0.2) is 16.1 Å². The summed E-state index contributed by atoms with van der Waals surface area (Å²) in [6, 6.07) is 9.89. The molecule has 0 spiro atoms. The SMILES string of the molecule is [CH2]Cc1cc(Cl)c(NC(=O)c2n[nH]c3ccccc23)cc1F. The number of anilines is 1. The van der Waals surface area contributed by atoms with Gasteiger partial charge in [-0.25, -0.2) is 4.39 Å². The molecule has 1 heterocycles. The normalized spacial score (nSPS) is 10.9. The minimum absolute atomic E-state index is 0.202. The molecule has 2 aromatic carbocycles. The van der Waals surface area contributed by atoms with Crippen molar-refractivity contribution in [3.63, 3.8) is 0 Å². The van der Waals surface area contributed by atoms with Crippen LogP contribution in [0.25, 0.3) is 10.9 Å². The first kappa shape index (κ1) is 14.5. The van der Waals surface area contributed by atoms with Crippen LogP contribution in [0.15, 0.2) is 36.4 Å². The highest BCUT2D eigenvalue weighted by Gasteiger charge is 2.16. The molecule has 6 heteroatoms. The molecule has 0 atom stereocenters. The topological polar surface area (TPSA) is 57.8 Å². The van der Waals surface area contributed by atoms with Crippen molar-refractivity contribution in [3.8, 4) is 0 Å². The highest BCUT2D eigenvalue weighted by atomic mass is 35.5. The van der Waals surface area contributed by atoms with E-state index in [-0.39, 0.29) is 22.8 Å². The molecular formula is C16H12ClFN3O. The third-order valence-corrected chi connectivity index (χ3v) is 3.65. The summed E-state index contributed by atoms with van der Waals surface area (Å²) in [5, 5.41) is 10.3. The minimum atomic E-state index is -0.457. The number of H-pyrrole nitrogens is 1. The number of rotatable bonds is 3. The van der Waals surface area contributed by atoms with Gasteiger partial charge in [-0.05, 0) is 37.1 Å². The minimum Gasteiger partial charge on any atom is -0.319 e. The summed E-state index contributed by atoms with van der Waals surface area (Å²) in [6.45, 7) is 3.62. The quantitative estimate of drug-likeness (QED) is 0.767. The molecule has 4 nitrogen and oxygen atoms in total. The monoisotopic (exact) mass is 316 g/mol. The van der Waals surface area contributed by atoms with Crippen molar-refractivity contribution in [1.82, 2.24) is 10.2 Å². The van der Waals surface area contributed by atoms with Crippen LogP contribution in [0.1, 0.15) is 16.1 Å². The van der Waals surface area contributed by atoms with Crippen LogP contribution in [0.5, 0.6) is 0 Å². The first-order chi connectivity index (χ1) is 10.6. The van der Waals surface area contributed by atoms with Gasteiger partial charge in [-0.2, -0.15) is 5.10 Å². The van der Waals surface area contributed by atoms with Crippen LogP contribution in [-0.2, 0) is 6.42 Å². The zero-order chi connectivity index (χ0) is 15.7. The molecule has 0 saturated carbocycles. The van der Waals surface area contributed by atoms with E-state index in [2.05, 4.69) is 22.4 Å². The predicted octanol–water partition coefficient (Wildman–Crippen LogP) is 3.98. The molecule has 22 heavy (non-hydrogen) atoms. The molecular weight excluding hydrogens is 305 g/mol. The lowest BCUT2D eigenvalue weighted by molar-refractivity contribution is 0.102. The molecule has 2 N–H and O–H groups in total. The van der Waals surface area contributed by atoms with Gasteiger partial charge in [-0.3, -0.25) is 9.89 Å². The highest BCUT2D eigenvalue weighted by Crippen LogP contribution is 2.27. The summed E-state index contributed by atoms with van der Waals surface area (Å²) < 4.78 is 13.8. The first-order valence-corrected chi connectivity index (χ1v) is 6.99. The number of halogens is 2. The van der Waals surface area contributed by atoms with Crippen molar-refractivity contribution < 1.29 is 9.18 Å². The molecule has 0 fully saturated rings. The van der Waals surface area contributed by atoms with Crippen molar-refractivity contribution in [3.05, 3.63) is 65.4 Å². The molecule has 0 aliphatic rings. The zero-order valence-corrected chi connectivity index (χ0v) is 12.2. The van der Waals surface area contributed by atoms with E-state index < -0.39 is 11.7 Å². The Kier molecular flexibility index (Phi) is 3.81. The van der Waals surface area contributed by atoms with E-state index in [4.69, 9.17) is 11.6 Å². The maximum Gasteiger partial charge on any atom is 0.276 e. The fourth-order valence-electron chi connectivity index (χ4n) is 2.19. The molecule has 111 valence electrons. The van der Waals surface area contributed by atoms with Crippen LogP contribution in [0.2, 0.25) is 5.02 Å². The largest absolute Gasteiger partial charge is 0.319 e. The molecule has 0 aliphatic carbocycles. The van der Waals surface area contributed by atoms with Crippen molar-refractivity contribution >= 4 is 34.1 Å². The Labute approximate surface area is 131 Å². The number of carbonyl (C=O) groups excluding carboxylic acids is 1. The number of hydrogen-bond acceptors (Lipinski definition) is 2. The maximum atomic E-state index is 13.8. The summed E-state index contributed by atoms with van der Waals surface area (Å²) in [4.78, 5) is 12.3. The van der Waals surface area contributed by atoms with Crippen molar-refractivity contribution in [1.29, 1.82) is 0 Å². The Morgan fingerprint density at radius 3 is 2.91 bits per heavy atom. The van der Waals surface area contributed by atoms with E-state index in [1.165, 1.54) is 12.1 Å². The lowest BCUT2D eigenvalue weighted by Gasteiger charge is -2.08. The number of carbonyl (C=O) groups is 1. The Hall–Kier alpha value is -2.40. The smallest absolute Gasteiger partial charge is 0.276 e. The number of para-hydroxylation sites is 1. The summed E-state index contributed by atoms with van der Waals surface area (Å²) in [7, 11) is 0. The van der Waals surface area contributed by atoms with Gasteiger partial charge >= 0.3 is 0 Å². The van der Waals surface area contributed by atoms with Gasteiger partial charge in [0.25, 0.3) is 5.91 Å². The number of aromatic amines is 1. The molecule has 1 aromatic heterocycles. The third kappa shape index (κ3) is 2.55. The Morgan fingerprint density at radius 1 is 1.36 bits per heavy atom. The molecule has 0 bridgehead atoms. The van der Waals surface area contributed by atoms with Gasteiger partial charge in [-0.15, -0.1) is 0 Å². The van der Waals surface area contributed by atoms with Gasteiger partial charge < -0.3 is 5.32 Å². The zero-order valence-electron chi connectivity index (χ0n) is 11.5. The number of nitrogens with zero attached hydrogens (tertiary/aromatic N) is 1. The predicted molar refractivity (Wildman–Crippen MR) is 84.5 cm³/mol. The van der Waals surface area contributed by atoms with Gasteiger partial charge in [0.15, 0.2) is 5.69 Å². The lowest BCUT2D eigenvalue weighted by Crippen LogP contribution is -2.13. The molecule has 1 amide bonds. The van der Waals surface area contributed by atoms with Crippen LogP contribution >= 0.6 is 11.6 Å². The summed E-state index contributed by atoms with van der Waals surface area (Å²) >= 11 is 6.07. The van der Waals surface area contributed by atoms with Gasteiger partial charge in [0.05, 0.1) is 16.2 Å². The summed E-state index contributed by atoms with van der Waals surface area (Å²) in [6.07, 6.45) is 0.282. The van der Waals surface area contributed by atoms with Gasteiger partial charge in [0.2, 0.25) is 0 Å². The van der Waals surface area contributed by atoms with Crippen LogP contribution in [0, 0.1) is 12.7 Å². The van der Waals surface area contributed by atoms with E-state index in [0.717, 1.165) is 5.52 Å². The van der Waals surface area contributed by atoms with Crippen LogP contribution in [0.3, 0.4) is 0 Å². The van der Waals surface area contributed by atoms with Gasteiger partial charge in [-0.1, -0.05) is 29.8 Å². The van der Waals surface area contributed by atoms with E-state index in [9.17, 15) is 9.18 Å². The van der Waals surface area contributed by atoms with Gasteiger partial charge in [0.1, 0.15) is 5.82 Å². The van der Waals surface area contributed by atoms with E-state index in [1.54, 1.807) is 6.07 Å². The van der Waals surface area contributed by atoms with Crippen LogP contribution in [0.4, 0.5) is 10.1 Å². The number of hydrogen-bond donors (Lipinski definition) is 2. The average molecular weight is 317 g/mol. The standard InChI is InChI=1S/C16H12ClFN3O/c1-2-9-7-11(17)14(8-12(9)18)19-16(22)15-10-5-3-4-6-13(10)20-21-15/h3-8H,1-2H2,(H,19,22)(H,20,21). The second kappa shape index (κ2) is 5.77. The molecule has 3 rings (SSSR count). The van der Waals surface area contributed by atoms with E-state index in [1.807, 2.05) is 18.2 Å². The number of benzene rings is 2. The van der Waals surface area contributed by atoms with Crippen LogP contribution < -0.4 is 5.32 Å². The first-order valence-electron chi connectivity index (χ1n) is 6.61. The van der Waals surface area contributed by atoms with Crippen molar-refractivity contribution in [2.45, 2.75) is 6.42 Å². The van der Waals surface area contributed by atoms with E-state index >= 15 is 0 Å². The fourth-order valence-corrected chi connectivity index (χ4v) is 2.43. The maximum absolute atomic E-state index is 13.8. The van der Waals surface area contributed by atoms with Gasteiger partial charge in [0, 0.05) is 5.39 Å². The molecule has 0 unspecified atom stereocenters. The average Bonchev–Trinajstić information content (AvgIpc) is 2.94.